The third kappa shape index (κ3) is 3.83. The maximum atomic E-state index is 11.6. The van der Waals surface area contributed by atoms with Crippen molar-refractivity contribution in [2.45, 2.75) is 76.0 Å². The van der Waals surface area contributed by atoms with Crippen LogP contribution in [0.3, 0.4) is 0 Å². The molecule has 0 aromatic carbocycles. The van der Waals surface area contributed by atoms with Gasteiger partial charge in [0, 0.05) is 36.1 Å². The fourth-order valence-corrected chi connectivity index (χ4v) is 6.89. The highest BCUT2D eigenvalue weighted by atomic mass is 32.1. The molecule has 1 saturated carbocycles. The number of primary amides is 1. The number of thiophene rings is 1. The highest BCUT2D eigenvalue weighted by Crippen LogP contribution is 2.48. The standard InChI is InChI=1S/C23H31N3O3S/c1-14-13-28-11-10-26(14)16-3-5-17(6-4-16)29-18-8-9-25-23-22(18)21-15(12-20(24)27)2-7-19(21)30-23/h8-9,14-17H,2-7,10-13H2,1H3,(H2,24,27)/t14-,15+,16?,17?/m0/s1. The van der Waals surface area contributed by atoms with Gasteiger partial charge in [0.15, 0.2) is 0 Å². The smallest absolute Gasteiger partial charge is 0.218 e. The first-order chi connectivity index (χ1) is 14.6. The fourth-order valence-electron chi connectivity index (χ4n) is 5.63. The third-order valence-electron chi connectivity index (χ3n) is 7.07. The van der Waals surface area contributed by atoms with Gasteiger partial charge in [0.25, 0.3) is 0 Å². The first kappa shape index (κ1) is 20.2. The molecule has 0 radical (unpaired) electrons. The van der Waals surface area contributed by atoms with Gasteiger partial charge in [-0.3, -0.25) is 9.69 Å². The number of pyridine rings is 1. The molecule has 1 aliphatic heterocycles. The molecular weight excluding hydrogens is 398 g/mol. The van der Waals surface area contributed by atoms with Gasteiger partial charge in [-0.2, -0.15) is 0 Å². The van der Waals surface area contributed by atoms with Crippen molar-refractivity contribution in [3.63, 3.8) is 0 Å². The molecule has 5 rings (SSSR count). The Balaban J connectivity index is 1.31. The molecule has 30 heavy (non-hydrogen) atoms. The number of aryl methyl sites for hydroxylation is 1. The summed E-state index contributed by atoms with van der Waals surface area (Å²) in [6, 6.07) is 3.16. The average molecular weight is 430 g/mol. The van der Waals surface area contributed by atoms with Crippen LogP contribution in [-0.4, -0.2) is 53.7 Å². The fraction of sp³-hybridized carbons (Fsp3) is 0.652. The Bertz CT molecular complexity index is 922. The molecule has 1 amide bonds. The molecule has 2 aliphatic carbocycles. The van der Waals surface area contributed by atoms with E-state index in [0.717, 1.165) is 61.4 Å². The number of carbonyl (C=O) groups is 1. The summed E-state index contributed by atoms with van der Waals surface area (Å²) < 4.78 is 12.2. The van der Waals surface area contributed by atoms with Gasteiger partial charge in [-0.05, 0) is 63.0 Å². The van der Waals surface area contributed by atoms with Crippen molar-refractivity contribution in [1.29, 1.82) is 0 Å². The van der Waals surface area contributed by atoms with Crippen LogP contribution < -0.4 is 10.5 Å². The van der Waals surface area contributed by atoms with Crippen LogP contribution in [-0.2, 0) is 16.0 Å². The minimum Gasteiger partial charge on any atom is -0.490 e. The first-order valence-electron chi connectivity index (χ1n) is 11.3. The van der Waals surface area contributed by atoms with E-state index in [1.807, 2.05) is 12.3 Å². The third-order valence-corrected chi connectivity index (χ3v) is 8.24. The molecule has 6 nitrogen and oxygen atoms in total. The number of hydrogen-bond acceptors (Lipinski definition) is 6. The molecule has 2 aromatic rings. The Morgan fingerprint density at radius 2 is 2.17 bits per heavy atom. The lowest BCUT2D eigenvalue weighted by Crippen LogP contribution is -2.50. The lowest BCUT2D eigenvalue weighted by molar-refractivity contribution is -0.118. The molecule has 1 saturated heterocycles. The van der Waals surface area contributed by atoms with Gasteiger partial charge in [0.1, 0.15) is 10.6 Å². The van der Waals surface area contributed by atoms with Crippen LogP contribution in [0.4, 0.5) is 0 Å². The van der Waals surface area contributed by atoms with Crippen molar-refractivity contribution in [2.75, 3.05) is 19.8 Å². The summed E-state index contributed by atoms with van der Waals surface area (Å²) in [6.07, 6.45) is 9.03. The number of aromatic nitrogens is 1. The van der Waals surface area contributed by atoms with E-state index in [4.69, 9.17) is 15.2 Å². The molecule has 2 fully saturated rings. The highest BCUT2D eigenvalue weighted by Gasteiger charge is 2.33. The quantitative estimate of drug-likeness (QED) is 0.786. The number of nitrogens with two attached hydrogens (primary N) is 1. The van der Waals surface area contributed by atoms with E-state index in [-0.39, 0.29) is 17.9 Å². The van der Waals surface area contributed by atoms with Gasteiger partial charge >= 0.3 is 0 Å². The van der Waals surface area contributed by atoms with E-state index in [2.05, 4.69) is 16.8 Å². The SMILES string of the molecule is C[C@H]1COCCN1C1CCC(Oc2ccnc3sc4c(c23)[C@@H](CC(N)=O)CC4)CC1. The lowest BCUT2D eigenvalue weighted by atomic mass is 9.90. The maximum absolute atomic E-state index is 11.6. The van der Waals surface area contributed by atoms with E-state index < -0.39 is 0 Å². The van der Waals surface area contributed by atoms with E-state index in [9.17, 15) is 4.79 Å². The number of carbonyl (C=O) groups excluding carboxylic acids is 1. The van der Waals surface area contributed by atoms with Crippen molar-refractivity contribution in [3.8, 4) is 5.75 Å². The summed E-state index contributed by atoms with van der Waals surface area (Å²) >= 11 is 1.75. The van der Waals surface area contributed by atoms with Gasteiger partial charge in [-0.15, -0.1) is 11.3 Å². The maximum Gasteiger partial charge on any atom is 0.218 e. The van der Waals surface area contributed by atoms with Crippen molar-refractivity contribution in [1.82, 2.24) is 9.88 Å². The minimum atomic E-state index is -0.228. The summed E-state index contributed by atoms with van der Waals surface area (Å²) in [6.45, 7) is 5.02. The number of rotatable bonds is 5. The van der Waals surface area contributed by atoms with E-state index in [0.29, 0.717) is 18.5 Å². The van der Waals surface area contributed by atoms with Gasteiger partial charge in [0.05, 0.1) is 24.7 Å². The summed E-state index contributed by atoms with van der Waals surface area (Å²) in [7, 11) is 0. The Hall–Kier alpha value is -1.70. The minimum absolute atomic E-state index is 0.205. The van der Waals surface area contributed by atoms with Crippen LogP contribution in [0.25, 0.3) is 10.2 Å². The van der Waals surface area contributed by atoms with Gasteiger partial charge in [-0.1, -0.05) is 0 Å². The largest absolute Gasteiger partial charge is 0.490 e. The molecule has 3 aliphatic rings. The second kappa shape index (κ2) is 8.44. The van der Waals surface area contributed by atoms with Crippen LogP contribution in [0.5, 0.6) is 5.75 Å². The van der Waals surface area contributed by atoms with E-state index in [1.165, 1.54) is 23.3 Å². The topological polar surface area (TPSA) is 77.7 Å². The number of hydrogen-bond donors (Lipinski definition) is 1. The first-order valence-corrected chi connectivity index (χ1v) is 12.1. The second-order valence-corrected chi connectivity index (χ2v) is 10.1. The van der Waals surface area contributed by atoms with Crippen LogP contribution in [0.2, 0.25) is 0 Å². The number of morpholine rings is 1. The lowest BCUT2D eigenvalue weighted by Gasteiger charge is -2.42. The van der Waals surface area contributed by atoms with E-state index in [1.54, 1.807) is 11.3 Å². The second-order valence-electron chi connectivity index (χ2n) is 9.04. The number of ether oxygens (including phenoxy) is 2. The summed E-state index contributed by atoms with van der Waals surface area (Å²) in [5.41, 5.74) is 6.79. The summed E-state index contributed by atoms with van der Waals surface area (Å²) in [5, 5.41) is 1.13. The summed E-state index contributed by atoms with van der Waals surface area (Å²) in [4.78, 5) is 21.2. The average Bonchev–Trinajstić information content (AvgIpc) is 3.29. The molecule has 2 aromatic heterocycles. The molecule has 0 unspecified atom stereocenters. The van der Waals surface area contributed by atoms with Gasteiger partial charge in [-0.25, -0.2) is 4.98 Å². The van der Waals surface area contributed by atoms with Crippen molar-refractivity contribution in [3.05, 3.63) is 22.7 Å². The molecular formula is C23H31N3O3S. The molecule has 3 heterocycles. The normalized spacial score (nSPS) is 29.8. The van der Waals surface area contributed by atoms with Gasteiger partial charge < -0.3 is 15.2 Å². The molecule has 162 valence electrons. The molecule has 2 atom stereocenters. The van der Waals surface area contributed by atoms with Crippen molar-refractivity contribution >= 4 is 27.5 Å². The zero-order valence-corrected chi connectivity index (χ0v) is 18.5. The molecule has 0 spiro atoms. The number of fused-ring (bicyclic) bond motifs is 3. The zero-order chi connectivity index (χ0) is 20.7. The number of amides is 1. The monoisotopic (exact) mass is 429 g/mol. The van der Waals surface area contributed by atoms with Crippen LogP contribution in [0, 0.1) is 0 Å². The zero-order valence-electron chi connectivity index (χ0n) is 17.6. The Morgan fingerprint density at radius 1 is 1.33 bits per heavy atom. The predicted octanol–water partition coefficient (Wildman–Crippen LogP) is 3.61. The Labute approximate surface area is 181 Å². The van der Waals surface area contributed by atoms with Gasteiger partial charge in [0.2, 0.25) is 5.91 Å². The Kier molecular flexibility index (Phi) is 5.69. The molecule has 0 bridgehead atoms. The predicted molar refractivity (Wildman–Crippen MR) is 118 cm³/mol. The van der Waals surface area contributed by atoms with Crippen LogP contribution in [0.15, 0.2) is 12.3 Å². The summed E-state index contributed by atoms with van der Waals surface area (Å²) in [5.74, 6) is 0.919. The van der Waals surface area contributed by atoms with E-state index >= 15 is 0 Å². The number of nitrogens with zero attached hydrogens (tertiary/aromatic N) is 2. The van der Waals surface area contributed by atoms with Crippen molar-refractivity contribution < 1.29 is 14.3 Å². The molecule has 2 N–H and O–H groups in total. The van der Waals surface area contributed by atoms with Crippen LogP contribution in [0.1, 0.15) is 61.8 Å². The Morgan fingerprint density at radius 3 is 2.93 bits per heavy atom. The van der Waals surface area contributed by atoms with Crippen molar-refractivity contribution in [2.24, 2.45) is 5.73 Å². The molecule has 7 heteroatoms. The highest BCUT2D eigenvalue weighted by molar-refractivity contribution is 7.19. The van der Waals surface area contributed by atoms with Crippen LogP contribution >= 0.6 is 11.3 Å².